The SMILES string of the molecule is COc1cc(C#N)ccc1NC(C)CC1CC1. The van der Waals surface area contributed by atoms with Crippen molar-refractivity contribution in [1.29, 1.82) is 5.26 Å². The first kappa shape index (κ1) is 11.8. The first-order valence-corrected chi connectivity index (χ1v) is 6.07. The second kappa shape index (κ2) is 5.09. The monoisotopic (exact) mass is 230 g/mol. The minimum atomic E-state index is 0.448. The number of ether oxygens (including phenoxy) is 1. The zero-order chi connectivity index (χ0) is 12.3. The van der Waals surface area contributed by atoms with E-state index in [9.17, 15) is 0 Å². The summed E-state index contributed by atoms with van der Waals surface area (Å²) in [5, 5.41) is 12.3. The lowest BCUT2D eigenvalue weighted by molar-refractivity contribution is 0.415. The lowest BCUT2D eigenvalue weighted by atomic mass is 10.1. The smallest absolute Gasteiger partial charge is 0.143 e. The fourth-order valence-electron chi connectivity index (χ4n) is 2.06. The van der Waals surface area contributed by atoms with Gasteiger partial charge in [-0.2, -0.15) is 5.26 Å². The molecular formula is C14H18N2O. The molecule has 0 aromatic heterocycles. The first-order chi connectivity index (χ1) is 8.22. The molecule has 1 atom stereocenters. The summed E-state index contributed by atoms with van der Waals surface area (Å²) in [7, 11) is 1.63. The molecule has 1 unspecified atom stereocenters. The average molecular weight is 230 g/mol. The van der Waals surface area contributed by atoms with E-state index in [1.54, 1.807) is 13.2 Å². The van der Waals surface area contributed by atoms with Crippen LogP contribution in [0.3, 0.4) is 0 Å². The average Bonchev–Trinajstić information content (AvgIpc) is 3.13. The maximum absolute atomic E-state index is 8.83. The van der Waals surface area contributed by atoms with Crippen molar-refractivity contribution in [2.45, 2.75) is 32.2 Å². The first-order valence-electron chi connectivity index (χ1n) is 6.07. The number of methoxy groups -OCH3 is 1. The molecule has 0 bridgehead atoms. The molecule has 17 heavy (non-hydrogen) atoms. The Morgan fingerprint density at radius 1 is 1.53 bits per heavy atom. The Labute approximate surface area is 102 Å². The van der Waals surface area contributed by atoms with E-state index in [1.807, 2.05) is 12.1 Å². The van der Waals surface area contributed by atoms with E-state index in [2.05, 4.69) is 18.3 Å². The minimum absolute atomic E-state index is 0.448. The molecule has 90 valence electrons. The van der Waals surface area contributed by atoms with Crippen LogP contribution >= 0.6 is 0 Å². The lowest BCUT2D eigenvalue weighted by Crippen LogP contribution is -2.16. The van der Waals surface area contributed by atoms with Crippen LogP contribution in [0.25, 0.3) is 0 Å². The molecule has 0 amide bonds. The predicted molar refractivity (Wildman–Crippen MR) is 68.1 cm³/mol. The number of hydrogen-bond acceptors (Lipinski definition) is 3. The number of anilines is 1. The van der Waals surface area contributed by atoms with Gasteiger partial charge in [0.2, 0.25) is 0 Å². The molecule has 0 spiro atoms. The molecule has 1 aromatic rings. The molecule has 2 rings (SSSR count). The summed E-state index contributed by atoms with van der Waals surface area (Å²) in [5.41, 5.74) is 1.60. The fraction of sp³-hybridized carbons (Fsp3) is 0.500. The van der Waals surface area contributed by atoms with Crippen molar-refractivity contribution in [1.82, 2.24) is 0 Å². The summed E-state index contributed by atoms with van der Waals surface area (Å²) in [6.07, 6.45) is 3.95. The number of benzene rings is 1. The molecule has 0 radical (unpaired) electrons. The van der Waals surface area contributed by atoms with Gasteiger partial charge in [0.1, 0.15) is 5.75 Å². The highest BCUT2D eigenvalue weighted by Gasteiger charge is 2.23. The van der Waals surface area contributed by atoms with Crippen LogP contribution in [-0.2, 0) is 0 Å². The zero-order valence-electron chi connectivity index (χ0n) is 10.4. The van der Waals surface area contributed by atoms with Crippen molar-refractivity contribution in [3.05, 3.63) is 23.8 Å². The topological polar surface area (TPSA) is 45.0 Å². The predicted octanol–water partition coefficient (Wildman–Crippen LogP) is 3.17. The highest BCUT2D eigenvalue weighted by atomic mass is 16.5. The van der Waals surface area contributed by atoms with Gasteiger partial charge in [0.05, 0.1) is 24.4 Å². The standard InChI is InChI=1S/C14H18N2O/c1-10(7-11-3-4-11)16-13-6-5-12(9-15)8-14(13)17-2/h5-6,8,10-11,16H,3-4,7H2,1-2H3. The van der Waals surface area contributed by atoms with Crippen LogP contribution in [0.5, 0.6) is 5.75 Å². The van der Waals surface area contributed by atoms with Gasteiger partial charge in [-0.15, -0.1) is 0 Å². The fourth-order valence-corrected chi connectivity index (χ4v) is 2.06. The van der Waals surface area contributed by atoms with E-state index in [4.69, 9.17) is 10.00 Å². The number of hydrogen-bond donors (Lipinski definition) is 1. The van der Waals surface area contributed by atoms with Gasteiger partial charge in [-0.1, -0.05) is 12.8 Å². The van der Waals surface area contributed by atoms with Crippen molar-refractivity contribution < 1.29 is 4.74 Å². The van der Waals surface area contributed by atoms with E-state index < -0.39 is 0 Å². The van der Waals surface area contributed by atoms with Crippen LogP contribution in [0.1, 0.15) is 31.7 Å². The van der Waals surface area contributed by atoms with Gasteiger partial charge in [-0.25, -0.2) is 0 Å². The van der Waals surface area contributed by atoms with Crippen molar-refractivity contribution >= 4 is 5.69 Å². The van der Waals surface area contributed by atoms with Crippen LogP contribution in [0.4, 0.5) is 5.69 Å². The van der Waals surface area contributed by atoms with Crippen molar-refractivity contribution in [2.24, 2.45) is 5.92 Å². The van der Waals surface area contributed by atoms with E-state index in [-0.39, 0.29) is 0 Å². The Morgan fingerprint density at radius 2 is 2.29 bits per heavy atom. The van der Waals surface area contributed by atoms with Crippen LogP contribution in [-0.4, -0.2) is 13.2 Å². The second-order valence-electron chi connectivity index (χ2n) is 4.75. The number of nitriles is 1. The molecule has 0 heterocycles. The molecule has 1 aliphatic rings. The summed E-state index contributed by atoms with van der Waals surface area (Å²) >= 11 is 0. The van der Waals surface area contributed by atoms with Gasteiger partial charge in [0, 0.05) is 12.1 Å². The minimum Gasteiger partial charge on any atom is -0.495 e. The maximum atomic E-state index is 8.83. The summed E-state index contributed by atoms with van der Waals surface area (Å²) in [4.78, 5) is 0. The molecule has 1 saturated carbocycles. The molecular weight excluding hydrogens is 212 g/mol. The van der Waals surface area contributed by atoms with Gasteiger partial charge in [-0.05, 0) is 31.4 Å². The van der Waals surface area contributed by atoms with Crippen LogP contribution in [0, 0.1) is 17.2 Å². The van der Waals surface area contributed by atoms with E-state index in [0.29, 0.717) is 11.6 Å². The number of rotatable bonds is 5. The Hall–Kier alpha value is -1.69. The van der Waals surface area contributed by atoms with Gasteiger partial charge in [0.15, 0.2) is 0 Å². The summed E-state index contributed by atoms with van der Waals surface area (Å²) in [6.45, 7) is 2.19. The summed E-state index contributed by atoms with van der Waals surface area (Å²) in [5.74, 6) is 1.65. The number of nitrogens with one attached hydrogen (secondary N) is 1. The third-order valence-electron chi connectivity index (χ3n) is 3.12. The van der Waals surface area contributed by atoms with E-state index >= 15 is 0 Å². The lowest BCUT2D eigenvalue weighted by Gasteiger charge is -2.17. The maximum Gasteiger partial charge on any atom is 0.143 e. The largest absolute Gasteiger partial charge is 0.495 e. The molecule has 3 heteroatoms. The van der Waals surface area contributed by atoms with Crippen LogP contribution in [0.2, 0.25) is 0 Å². The molecule has 0 saturated heterocycles. The van der Waals surface area contributed by atoms with Crippen molar-refractivity contribution in [3.63, 3.8) is 0 Å². The molecule has 1 aromatic carbocycles. The third kappa shape index (κ3) is 3.13. The highest BCUT2D eigenvalue weighted by molar-refractivity contribution is 5.59. The third-order valence-corrected chi connectivity index (χ3v) is 3.12. The summed E-state index contributed by atoms with van der Waals surface area (Å²) < 4.78 is 5.30. The van der Waals surface area contributed by atoms with Crippen LogP contribution in [0.15, 0.2) is 18.2 Å². The molecule has 1 aliphatic carbocycles. The van der Waals surface area contributed by atoms with Gasteiger partial charge in [0.25, 0.3) is 0 Å². The highest BCUT2D eigenvalue weighted by Crippen LogP contribution is 2.35. The molecule has 1 fully saturated rings. The summed E-state index contributed by atoms with van der Waals surface area (Å²) in [6, 6.07) is 8.07. The zero-order valence-corrected chi connectivity index (χ0v) is 10.4. The quantitative estimate of drug-likeness (QED) is 0.845. The molecule has 1 N–H and O–H groups in total. The Balaban J connectivity index is 2.05. The van der Waals surface area contributed by atoms with Gasteiger partial charge < -0.3 is 10.1 Å². The van der Waals surface area contributed by atoms with Gasteiger partial charge >= 0.3 is 0 Å². The Bertz CT molecular complexity index is 432. The van der Waals surface area contributed by atoms with Crippen molar-refractivity contribution in [3.8, 4) is 11.8 Å². The van der Waals surface area contributed by atoms with Crippen molar-refractivity contribution in [2.75, 3.05) is 12.4 Å². The normalized spacial score (nSPS) is 16.1. The molecule has 3 nitrogen and oxygen atoms in total. The second-order valence-corrected chi connectivity index (χ2v) is 4.75. The number of nitrogens with zero attached hydrogens (tertiary/aromatic N) is 1. The Morgan fingerprint density at radius 3 is 2.88 bits per heavy atom. The molecule has 0 aliphatic heterocycles. The Kier molecular flexibility index (Phi) is 3.53. The van der Waals surface area contributed by atoms with E-state index in [1.165, 1.54) is 19.3 Å². The van der Waals surface area contributed by atoms with E-state index in [0.717, 1.165) is 17.4 Å². The van der Waals surface area contributed by atoms with Crippen LogP contribution < -0.4 is 10.1 Å². The van der Waals surface area contributed by atoms with Gasteiger partial charge in [-0.3, -0.25) is 0 Å².